The first-order valence-corrected chi connectivity index (χ1v) is 15.3. The van der Waals surface area contributed by atoms with Crippen molar-refractivity contribution in [1.29, 1.82) is 0 Å². The number of hydrogen-bond acceptors (Lipinski definition) is 4. The molecule has 0 aromatic heterocycles. The van der Waals surface area contributed by atoms with Crippen LogP contribution in [0.2, 0.25) is 0 Å². The predicted molar refractivity (Wildman–Crippen MR) is 163 cm³/mol. The Bertz CT molecular complexity index is 1160. The number of aliphatic imine (C=N–C) groups is 1. The van der Waals surface area contributed by atoms with E-state index in [1.165, 1.54) is 12.8 Å². The van der Waals surface area contributed by atoms with E-state index in [9.17, 15) is 9.59 Å². The molecule has 0 spiro atoms. The molecule has 2 atom stereocenters. The summed E-state index contributed by atoms with van der Waals surface area (Å²) in [5.74, 6) is 1.000. The van der Waals surface area contributed by atoms with Gasteiger partial charge < -0.3 is 20.4 Å². The molecule has 7 nitrogen and oxygen atoms in total. The van der Waals surface area contributed by atoms with Gasteiger partial charge in [-0.05, 0) is 82.2 Å². The number of piperidine rings is 1. The van der Waals surface area contributed by atoms with E-state index < -0.39 is 5.41 Å². The van der Waals surface area contributed by atoms with Crippen molar-refractivity contribution < 1.29 is 9.59 Å². The SMILES string of the molecule is C=C(Cc1ccc(C(=O)NC2CCCNC2)cc1CC)N=C1/C(=C\C)N(C)C(=O)[C@@](C)(CC)CN1C1CCCC1. The molecule has 2 heterocycles. The van der Waals surface area contributed by atoms with Gasteiger partial charge in [-0.3, -0.25) is 9.59 Å². The number of aryl methyl sites for hydroxylation is 1. The number of allylic oxidation sites excluding steroid dienone is 2. The number of benzene rings is 1. The Morgan fingerprint density at radius 2 is 1.95 bits per heavy atom. The molecule has 0 radical (unpaired) electrons. The van der Waals surface area contributed by atoms with E-state index in [2.05, 4.69) is 49.0 Å². The van der Waals surface area contributed by atoms with Gasteiger partial charge in [0.25, 0.3) is 5.91 Å². The summed E-state index contributed by atoms with van der Waals surface area (Å²) in [5.41, 5.74) is 4.13. The maximum absolute atomic E-state index is 13.6. The molecule has 2 N–H and O–H groups in total. The first kappa shape index (κ1) is 30.0. The Labute approximate surface area is 241 Å². The first-order chi connectivity index (χ1) is 19.2. The van der Waals surface area contributed by atoms with Crippen LogP contribution in [0, 0.1) is 5.41 Å². The monoisotopic (exact) mass is 547 g/mol. The van der Waals surface area contributed by atoms with Crippen LogP contribution in [0.1, 0.15) is 94.1 Å². The van der Waals surface area contributed by atoms with E-state index in [0.717, 1.165) is 80.0 Å². The fraction of sp³-hybridized carbons (Fsp3) is 0.606. The van der Waals surface area contributed by atoms with Crippen molar-refractivity contribution in [2.45, 2.75) is 97.6 Å². The standard InChI is InChI=1S/C33H49N5O2/c1-7-24-20-26(31(39)36-27-13-12-18-34-21-27)17-16-25(24)19-23(4)35-30-29(8-2)37(6)32(40)33(5,9-3)22-38(30)28-14-10-11-15-28/h8,16-17,20,27-28,34H,4,7,9-15,18-19,21-22H2,1-3,5-6H3,(H,36,39)/b29-8+,35-30?/t27?,33-/m0/s1. The molecule has 1 aromatic rings. The molecule has 40 heavy (non-hydrogen) atoms. The van der Waals surface area contributed by atoms with Crippen molar-refractivity contribution in [3.05, 3.63) is 58.9 Å². The molecule has 218 valence electrons. The summed E-state index contributed by atoms with van der Waals surface area (Å²) in [6, 6.07) is 6.57. The Morgan fingerprint density at radius 3 is 2.58 bits per heavy atom. The molecule has 1 unspecified atom stereocenters. The van der Waals surface area contributed by atoms with Gasteiger partial charge in [0.1, 0.15) is 0 Å². The Kier molecular flexibility index (Phi) is 9.88. The normalized spacial score (nSPS) is 26.4. The second-order valence-corrected chi connectivity index (χ2v) is 12.1. The molecule has 2 aliphatic heterocycles. The van der Waals surface area contributed by atoms with Gasteiger partial charge in [-0.15, -0.1) is 0 Å². The summed E-state index contributed by atoms with van der Waals surface area (Å²) in [7, 11) is 1.88. The highest BCUT2D eigenvalue weighted by Gasteiger charge is 2.44. The number of carbonyl (C=O) groups excluding carboxylic acids is 2. The van der Waals surface area contributed by atoms with E-state index in [1.807, 2.05) is 32.2 Å². The van der Waals surface area contributed by atoms with Crippen molar-refractivity contribution in [2.75, 3.05) is 26.7 Å². The third-order valence-corrected chi connectivity index (χ3v) is 9.16. The van der Waals surface area contributed by atoms with Crippen LogP contribution < -0.4 is 10.6 Å². The Balaban J connectivity index is 1.60. The quantitative estimate of drug-likeness (QED) is 0.468. The molecular weight excluding hydrogens is 498 g/mol. The molecule has 1 saturated carbocycles. The van der Waals surface area contributed by atoms with Gasteiger partial charge in [-0.1, -0.05) is 45.4 Å². The number of carbonyl (C=O) groups is 2. The number of amides is 2. The van der Waals surface area contributed by atoms with Crippen LogP contribution in [0.5, 0.6) is 0 Å². The third kappa shape index (κ3) is 6.51. The maximum atomic E-state index is 13.6. The van der Waals surface area contributed by atoms with Crippen molar-refractivity contribution in [1.82, 2.24) is 20.4 Å². The molecular formula is C33H49N5O2. The van der Waals surface area contributed by atoms with E-state index in [0.29, 0.717) is 24.6 Å². The lowest BCUT2D eigenvalue weighted by atomic mass is 9.85. The molecule has 3 fully saturated rings. The van der Waals surface area contributed by atoms with Crippen LogP contribution in [-0.2, 0) is 17.6 Å². The first-order valence-electron chi connectivity index (χ1n) is 15.3. The number of nitrogens with zero attached hydrogens (tertiary/aromatic N) is 3. The zero-order valence-electron chi connectivity index (χ0n) is 25.3. The average Bonchev–Trinajstić information content (AvgIpc) is 3.48. The molecule has 0 bridgehead atoms. The largest absolute Gasteiger partial charge is 0.351 e. The lowest BCUT2D eigenvalue weighted by Gasteiger charge is -2.36. The minimum atomic E-state index is -0.469. The highest BCUT2D eigenvalue weighted by Crippen LogP contribution is 2.36. The van der Waals surface area contributed by atoms with Crippen LogP contribution in [0.15, 0.2) is 47.2 Å². The van der Waals surface area contributed by atoms with E-state index in [1.54, 1.807) is 4.90 Å². The van der Waals surface area contributed by atoms with Gasteiger partial charge in [0.05, 0.1) is 11.1 Å². The summed E-state index contributed by atoms with van der Waals surface area (Å²) < 4.78 is 0. The van der Waals surface area contributed by atoms with Gasteiger partial charge in [-0.25, -0.2) is 4.99 Å². The summed E-state index contributed by atoms with van der Waals surface area (Å²) >= 11 is 0. The molecule has 7 heteroatoms. The average molecular weight is 548 g/mol. The third-order valence-electron chi connectivity index (χ3n) is 9.16. The second kappa shape index (κ2) is 13.2. The zero-order valence-corrected chi connectivity index (χ0v) is 25.3. The van der Waals surface area contributed by atoms with Gasteiger partial charge in [0.2, 0.25) is 5.91 Å². The van der Waals surface area contributed by atoms with Crippen molar-refractivity contribution in [2.24, 2.45) is 10.4 Å². The lowest BCUT2D eigenvalue weighted by molar-refractivity contribution is -0.137. The van der Waals surface area contributed by atoms with Crippen LogP contribution in [0.3, 0.4) is 0 Å². The Morgan fingerprint density at radius 1 is 1.20 bits per heavy atom. The number of rotatable bonds is 8. The summed E-state index contributed by atoms with van der Waals surface area (Å²) in [6.07, 6.45) is 11.0. The van der Waals surface area contributed by atoms with Crippen LogP contribution in [0.4, 0.5) is 0 Å². The van der Waals surface area contributed by atoms with E-state index in [-0.39, 0.29) is 17.9 Å². The fourth-order valence-electron chi connectivity index (χ4n) is 6.48. The lowest BCUT2D eigenvalue weighted by Crippen LogP contribution is -2.45. The maximum Gasteiger partial charge on any atom is 0.251 e. The predicted octanol–water partition coefficient (Wildman–Crippen LogP) is 5.22. The number of nitrogens with one attached hydrogen (secondary N) is 2. The van der Waals surface area contributed by atoms with Crippen molar-refractivity contribution in [3.63, 3.8) is 0 Å². The van der Waals surface area contributed by atoms with Gasteiger partial charge in [-0.2, -0.15) is 0 Å². The van der Waals surface area contributed by atoms with E-state index in [4.69, 9.17) is 4.99 Å². The molecule has 1 aromatic carbocycles. The highest BCUT2D eigenvalue weighted by atomic mass is 16.2. The fourth-order valence-corrected chi connectivity index (χ4v) is 6.48. The number of hydrogen-bond donors (Lipinski definition) is 2. The number of likely N-dealkylation sites (N-methyl/N-ethyl adjacent to an activating group) is 1. The van der Waals surface area contributed by atoms with Gasteiger partial charge >= 0.3 is 0 Å². The van der Waals surface area contributed by atoms with Gasteiger partial charge in [0, 0.05) is 49.9 Å². The minimum Gasteiger partial charge on any atom is -0.351 e. The van der Waals surface area contributed by atoms with Gasteiger partial charge in [0.15, 0.2) is 5.84 Å². The minimum absolute atomic E-state index is 0.0101. The number of amidine groups is 1. The topological polar surface area (TPSA) is 77.0 Å². The summed E-state index contributed by atoms with van der Waals surface area (Å²) in [4.78, 5) is 35.9. The summed E-state index contributed by atoms with van der Waals surface area (Å²) in [5, 5.41) is 6.54. The highest BCUT2D eigenvalue weighted by molar-refractivity contribution is 6.04. The molecule has 1 aliphatic carbocycles. The summed E-state index contributed by atoms with van der Waals surface area (Å²) in [6.45, 7) is 15.2. The van der Waals surface area contributed by atoms with Crippen LogP contribution in [-0.4, -0.2) is 66.2 Å². The van der Waals surface area contributed by atoms with Crippen molar-refractivity contribution >= 4 is 17.6 Å². The molecule has 2 amide bonds. The van der Waals surface area contributed by atoms with Crippen LogP contribution >= 0.6 is 0 Å². The zero-order chi connectivity index (χ0) is 28.9. The molecule has 4 rings (SSSR count). The second-order valence-electron chi connectivity index (χ2n) is 12.1. The molecule has 2 saturated heterocycles. The smallest absolute Gasteiger partial charge is 0.251 e. The van der Waals surface area contributed by atoms with E-state index >= 15 is 0 Å². The molecule has 3 aliphatic rings. The van der Waals surface area contributed by atoms with Crippen LogP contribution in [0.25, 0.3) is 0 Å². The Hall–Kier alpha value is -2.93. The van der Waals surface area contributed by atoms with Crippen molar-refractivity contribution in [3.8, 4) is 0 Å².